The van der Waals surface area contributed by atoms with Crippen molar-refractivity contribution in [3.05, 3.63) is 22.7 Å². The standard InChI is InChI=1S/C13H17ClO3/c1-8(2)17-13-10(7-9(3)15)11(14)5-6-12(13)16-4/h5-6,8H,7H2,1-4H3. The Kier molecular flexibility index (Phi) is 4.82. The Morgan fingerprint density at radius 3 is 2.53 bits per heavy atom. The third-order valence-corrected chi connectivity index (χ3v) is 2.52. The van der Waals surface area contributed by atoms with Gasteiger partial charge in [0.25, 0.3) is 0 Å². The zero-order chi connectivity index (χ0) is 13.0. The lowest BCUT2D eigenvalue weighted by Crippen LogP contribution is -2.10. The van der Waals surface area contributed by atoms with Crippen LogP contribution in [-0.2, 0) is 11.2 Å². The van der Waals surface area contributed by atoms with Gasteiger partial charge in [-0.3, -0.25) is 4.79 Å². The first-order chi connectivity index (χ1) is 7.95. The number of hydrogen-bond donors (Lipinski definition) is 0. The second kappa shape index (κ2) is 5.92. The van der Waals surface area contributed by atoms with E-state index >= 15 is 0 Å². The quantitative estimate of drug-likeness (QED) is 0.811. The van der Waals surface area contributed by atoms with Crippen LogP contribution in [0.1, 0.15) is 26.3 Å². The summed E-state index contributed by atoms with van der Waals surface area (Å²) in [4.78, 5) is 11.2. The molecule has 17 heavy (non-hydrogen) atoms. The Balaban J connectivity index is 3.25. The van der Waals surface area contributed by atoms with Gasteiger partial charge in [-0.15, -0.1) is 0 Å². The molecule has 0 atom stereocenters. The van der Waals surface area contributed by atoms with Gasteiger partial charge in [0.2, 0.25) is 0 Å². The number of rotatable bonds is 5. The van der Waals surface area contributed by atoms with E-state index in [-0.39, 0.29) is 18.3 Å². The maximum Gasteiger partial charge on any atom is 0.166 e. The zero-order valence-electron chi connectivity index (χ0n) is 10.5. The minimum absolute atomic E-state index is 0.00641. The molecule has 0 fully saturated rings. The van der Waals surface area contributed by atoms with Crippen molar-refractivity contribution in [2.75, 3.05) is 7.11 Å². The molecule has 0 radical (unpaired) electrons. The van der Waals surface area contributed by atoms with Crippen molar-refractivity contribution < 1.29 is 14.3 Å². The topological polar surface area (TPSA) is 35.5 Å². The molecule has 1 rings (SSSR count). The van der Waals surface area contributed by atoms with E-state index in [4.69, 9.17) is 21.1 Å². The molecule has 0 aliphatic rings. The van der Waals surface area contributed by atoms with E-state index in [1.807, 2.05) is 13.8 Å². The highest BCUT2D eigenvalue weighted by molar-refractivity contribution is 6.31. The number of halogens is 1. The summed E-state index contributed by atoms with van der Waals surface area (Å²) in [5, 5.41) is 0.525. The van der Waals surface area contributed by atoms with Crippen LogP contribution in [0.4, 0.5) is 0 Å². The van der Waals surface area contributed by atoms with Crippen LogP contribution >= 0.6 is 11.6 Å². The minimum Gasteiger partial charge on any atom is -0.493 e. The molecule has 0 N–H and O–H groups in total. The fourth-order valence-electron chi connectivity index (χ4n) is 1.52. The Morgan fingerprint density at radius 2 is 2.06 bits per heavy atom. The summed E-state index contributed by atoms with van der Waals surface area (Å²) in [5.74, 6) is 1.19. The molecule has 0 spiro atoms. The van der Waals surface area contributed by atoms with E-state index in [0.717, 1.165) is 0 Å². The molecule has 0 aliphatic carbocycles. The van der Waals surface area contributed by atoms with Crippen molar-refractivity contribution in [2.45, 2.75) is 33.3 Å². The molecule has 3 nitrogen and oxygen atoms in total. The average molecular weight is 257 g/mol. The van der Waals surface area contributed by atoms with Gasteiger partial charge in [-0.1, -0.05) is 11.6 Å². The fraction of sp³-hybridized carbons (Fsp3) is 0.462. The van der Waals surface area contributed by atoms with Crippen molar-refractivity contribution in [3.63, 3.8) is 0 Å². The van der Waals surface area contributed by atoms with Crippen molar-refractivity contribution in [1.82, 2.24) is 0 Å². The highest BCUT2D eigenvalue weighted by Gasteiger charge is 2.17. The van der Waals surface area contributed by atoms with Gasteiger partial charge in [0, 0.05) is 17.0 Å². The number of Topliss-reactive ketones (excluding diaryl/α,β-unsaturated/α-hetero) is 1. The highest BCUT2D eigenvalue weighted by atomic mass is 35.5. The summed E-state index contributed by atoms with van der Waals surface area (Å²) < 4.78 is 10.9. The van der Waals surface area contributed by atoms with Crippen molar-refractivity contribution in [2.24, 2.45) is 0 Å². The number of benzene rings is 1. The fourth-order valence-corrected chi connectivity index (χ4v) is 1.74. The molecular formula is C13H17ClO3. The number of carbonyl (C=O) groups is 1. The van der Waals surface area contributed by atoms with Gasteiger partial charge in [0.05, 0.1) is 13.2 Å². The lowest BCUT2D eigenvalue weighted by Gasteiger charge is -2.18. The molecular weight excluding hydrogens is 240 g/mol. The molecule has 0 bridgehead atoms. The van der Waals surface area contributed by atoms with Crippen LogP contribution in [0.25, 0.3) is 0 Å². The Hall–Kier alpha value is -1.22. The van der Waals surface area contributed by atoms with Crippen LogP contribution < -0.4 is 9.47 Å². The molecule has 0 unspecified atom stereocenters. The maximum atomic E-state index is 11.2. The Bertz CT molecular complexity index is 413. The summed E-state index contributed by atoms with van der Waals surface area (Å²) in [6, 6.07) is 3.45. The van der Waals surface area contributed by atoms with Gasteiger partial charge in [0.15, 0.2) is 11.5 Å². The Labute approximate surface area is 107 Å². The first-order valence-corrected chi connectivity index (χ1v) is 5.85. The lowest BCUT2D eigenvalue weighted by atomic mass is 10.1. The monoisotopic (exact) mass is 256 g/mol. The van der Waals surface area contributed by atoms with Gasteiger partial charge >= 0.3 is 0 Å². The van der Waals surface area contributed by atoms with Crippen LogP contribution in [0, 0.1) is 0 Å². The van der Waals surface area contributed by atoms with E-state index in [1.54, 1.807) is 19.2 Å². The van der Waals surface area contributed by atoms with Crippen LogP contribution in [0.15, 0.2) is 12.1 Å². The van der Waals surface area contributed by atoms with Gasteiger partial charge in [-0.2, -0.15) is 0 Å². The largest absolute Gasteiger partial charge is 0.493 e. The number of ether oxygens (including phenoxy) is 2. The molecule has 1 aromatic carbocycles. The second-order valence-electron chi connectivity index (χ2n) is 4.10. The summed E-state index contributed by atoms with van der Waals surface area (Å²) in [7, 11) is 1.56. The SMILES string of the molecule is COc1ccc(Cl)c(CC(C)=O)c1OC(C)C. The number of methoxy groups -OCH3 is 1. The molecule has 0 saturated carbocycles. The van der Waals surface area contributed by atoms with Crippen molar-refractivity contribution in [3.8, 4) is 11.5 Å². The van der Waals surface area contributed by atoms with Gasteiger partial charge < -0.3 is 9.47 Å². The summed E-state index contributed by atoms with van der Waals surface area (Å²) in [6.45, 7) is 5.35. The molecule has 0 heterocycles. The predicted octanol–water partition coefficient (Wildman–Crippen LogP) is 3.27. The van der Waals surface area contributed by atoms with Gasteiger partial charge in [-0.25, -0.2) is 0 Å². The minimum atomic E-state index is -0.00641. The molecule has 4 heteroatoms. The third-order valence-electron chi connectivity index (χ3n) is 2.17. The Morgan fingerprint density at radius 1 is 1.41 bits per heavy atom. The molecule has 0 saturated heterocycles. The molecule has 94 valence electrons. The number of ketones is 1. The summed E-state index contributed by atoms with van der Waals surface area (Å²) >= 11 is 6.10. The average Bonchev–Trinajstić information content (AvgIpc) is 2.22. The van der Waals surface area contributed by atoms with Crippen molar-refractivity contribution in [1.29, 1.82) is 0 Å². The molecule has 0 aromatic heterocycles. The van der Waals surface area contributed by atoms with Gasteiger partial charge in [-0.05, 0) is 32.9 Å². The first-order valence-electron chi connectivity index (χ1n) is 5.47. The van der Waals surface area contributed by atoms with E-state index in [2.05, 4.69) is 0 Å². The first kappa shape index (κ1) is 13.8. The normalized spacial score (nSPS) is 10.5. The number of carbonyl (C=O) groups excluding carboxylic acids is 1. The zero-order valence-corrected chi connectivity index (χ0v) is 11.3. The molecule has 1 aromatic rings. The summed E-state index contributed by atoms with van der Waals surface area (Å²) in [6.07, 6.45) is 0.242. The van der Waals surface area contributed by atoms with E-state index in [9.17, 15) is 4.79 Å². The van der Waals surface area contributed by atoms with E-state index in [1.165, 1.54) is 6.92 Å². The van der Waals surface area contributed by atoms with Crippen molar-refractivity contribution >= 4 is 17.4 Å². The van der Waals surface area contributed by atoms with E-state index in [0.29, 0.717) is 22.1 Å². The third kappa shape index (κ3) is 3.63. The second-order valence-corrected chi connectivity index (χ2v) is 4.51. The van der Waals surface area contributed by atoms with Crippen LogP contribution in [0.3, 0.4) is 0 Å². The number of hydrogen-bond acceptors (Lipinski definition) is 3. The predicted molar refractivity (Wildman–Crippen MR) is 68.2 cm³/mol. The van der Waals surface area contributed by atoms with Crippen LogP contribution in [-0.4, -0.2) is 19.0 Å². The highest BCUT2D eigenvalue weighted by Crippen LogP contribution is 2.37. The van der Waals surface area contributed by atoms with Gasteiger partial charge in [0.1, 0.15) is 5.78 Å². The maximum absolute atomic E-state index is 11.2. The van der Waals surface area contributed by atoms with Crippen LogP contribution in [0.5, 0.6) is 11.5 Å². The lowest BCUT2D eigenvalue weighted by molar-refractivity contribution is -0.116. The summed E-state index contributed by atoms with van der Waals surface area (Å²) in [5.41, 5.74) is 0.687. The van der Waals surface area contributed by atoms with E-state index < -0.39 is 0 Å². The van der Waals surface area contributed by atoms with Crippen LogP contribution in [0.2, 0.25) is 5.02 Å². The molecule has 0 aliphatic heterocycles. The molecule has 0 amide bonds. The smallest absolute Gasteiger partial charge is 0.166 e.